The molecule has 0 N–H and O–H groups in total. The van der Waals surface area contributed by atoms with E-state index in [0.717, 1.165) is 34.9 Å². The monoisotopic (exact) mass is 431 g/mol. The van der Waals surface area contributed by atoms with Crippen LogP contribution < -0.4 is 0 Å². The van der Waals surface area contributed by atoms with Crippen LogP contribution in [0.3, 0.4) is 0 Å². The molecule has 0 aliphatic carbocycles. The Hall–Kier alpha value is -1.86. The van der Waals surface area contributed by atoms with Crippen molar-refractivity contribution in [2.24, 2.45) is 7.05 Å². The predicted octanol–water partition coefficient (Wildman–Crippen LogP) is 4.38. The van der Waals surface area contributed by atoms with E-state index in [9.17, 15) is 9.81 Å². The molecule has 146 valence electrons. The van der Waals surface area contributed by atoms with Gasteiger partial charge < -0.3 is 9.12 Å². The molecule has 0 saturated carbocycles. The van der Waals surface area contributed by atoms with E-state index in [-0.39, 0.29) is 0 Å². The second kappa shape index (κ2) is 9.56. The van der Waals surface area contributed by atoms with Gasteiger partial charge in [0.05, 0.1) is 17.5 Å². The summed E-state index contributed by atoms with van der Waals surface area (Å²) in [6.45, 7) is 4.00. The number of thiazole rings is 1. The molecule has 0 aromatic carbocycles. The summed E-state index contributed by atoms with van der Waals surface area (Å²) < 4.78 is 14.2. The Balaban J connectivity index is 2.05. The molecular weight excluding hydrogens is 410 g/mol. The molecule has 3 aromatic heterocycles. The third-order valence-corrected chi connectivity index (χ3v) is 7.93. The molecule has 3 rings (SSSR count). The highest BCUT2D eigenvalue weighted by atomic mass is 32.3. The summed E-state index contributed by atoms with van der Waals surface area (Å²) in [7, 11) is 1.93. The minimum atomic E-state index is -0.942. The van der Waals surface area contributed by atoms with Crippen molar-refractivity contribution in [2.45, 2.75) is 31.7 Å². The van der Waals surface area contributed by atoms with Crippen LogP contribution in [0, 0.1) is 18.3 Å². The van der Waals surface area contributed by atoms with Crippen molar-refractivity contribution in [1.29, 1.82) is 5.26 Å². The van der Waals surface area contributed by atoms with Crippen LogP contribution in [-0.4, -0.2) is 34.9 Å². The summed E-state index contributed by atoms with van der Waals surface area (Å²) in [4.78, 5) is 13.4. The van der Waals surface area contributed by atoms with E-state index in [1.165, 1.54) is 23.1 Å². The number of aromatic nitrogens is 4. The van der Waals surface area contributed by atoms with E-state index in [0.29, 0.717) is 27.1 Å². The number of unbranched alkanes of at least 4 members (excludes halogenated alkanes) is 1. The van der Waals surface area contributed by atoms with Gasteiger partial charge in [-0.05, 0) is 30.6 Å². The maximum absolute atomic E-state index is 12.3. The van der Waals surface area contributed by atoms with Crippen LogP contribution in [0.5, 0.6) is 0 Å². The first-order valence-corrected chi connectivity index (χ1v) is 12.2. The molecule has 0 spiro atoms. The van der Waals surface area contributed by atoms with Crippen LogP contribution >= 0.6 is 23.1 Å². The quantitative estimate of drug-likeness (QED) is 0.388. The molecule has 0 aliphatic rings. The van der Waals surface area contributed by atoms with Crippen LogP contribution in [0.1, 0.15) is 31.2 Å². The first kappa shape index (κ1) is 20.9. The number of hydrogen-bond acceptors (Lipinski definition) is 7. The zero-order chi connectivity index (χ0) is 20.1. The zero-order valence-electron chi connectivity index (χ0n) is 16.0. The van der Waals surface area contributed by atoms with Crippen molar-refractivity contribution < 1.29 is 4.55 Å². The van der Waals surface area contributed by atoms with E-state index >= 15 is 0 Å². The SMILES string of the molecule is CCCC[S+]([O-])CSc1nc(-c2nccs2)cc(-c2cnc(C)n2C)c1C#N. The Labute approximate surface area is 176 Å². The number of thioether (sulfide) groups is 1. The lowest BCUT2D eigenvalue weighted by molar-refractivity contribution is 0.596. The lowest BCUT2D eigenvalue weighted by Gasteiger charge is -2.13. The molecule has 6 nitrogen and oxygen atoms in total. The number of nitriles is 1. The fourth-order valence-electron chi connectivity index (χ4n) is 2.63. The summed E-state index contributed by atoms with van der Waals surface area (Å²) in [5.41, 5.74) is 2.82. The summed E-state index contributed by atoms with van der Waals surface area (Å²) >= 11 is 1.93. The highest BCUT2D eigenvalue weighted by molar-refractivity contribution is 8.12. The van der Waals surface area contributed by atoms with Gasteiger partial charge in [0.1, 0.15) is 33.4 Å². The molecule has 0 fully saturated rings. The highest BCUT2D eigenvalue weighted by Gasteiger charge is 2.20. The van der Waals surface area contributed by atoms with Crippen molar-refractivity contribution in [3.8, 4) is 28.0 Å². The van der Waals surface area contributed by atoms with Crippen molar-refractivity contribution in [1.82, 2.24) is 19.5 Å². The topological polar surface area (TPSA) is 90.4 Å². The molecule has 0 aliphatic heterocycles. The number of hydrogen-bond donors (Lipinski definition) is 0. The van der Waals surface area contributed by atoms with E-state index in [1.807, 2.05) is 30.0 Å². The standard InChI is InChI=1S/C19H21N5OS3/c1-4-5-8-28(25)12-27-18-15(10-20)14(17-11-22-13(2)24(17)3)9-16(23-18)19-21-6-7-26-19/h6-7,9,11H,4-5,8,12H2,1-3H3. The summed E-state index contributed by atoms with van der Waals surface area (Å²) in [6, 6.07) is 4.19. The Bertz CT molecular complexity index is 978. The van der Waals surface area contributed by atoms with Crippen molar-refractivity contribution >= 4 is 34.3 Å². The highest BCUT2D eigenvalue weighted by Crippen LogP contribution is 2.35. The number of aryl methyl sites for hydroxylation is 1. The van der Waals surface area contributed by atoms with E-state index in [4.69, 9.17) is 0 Å². The van der Waals surface area contributed by atoms with Gasteiger partial charge in [0.25, 0.3) is 0 Å². The number of pyridine rings is 1. The van der Waals surface area contributed by atoms with Gasteiger partial charge >= 0.3 is 0 Å². The molecule has 0 radical (unpaired) electrons. The molecule has 1 atom stereocenters. The number of imidazole rings is 1. The Morgan fingerprint density at radius 2 is 2.21 bits per heavy atom. The first-order chi connectivity index (χ1) is 13.5. The average Bonchev–Trinajstić information content (AvgIpc) is 3.35. The molecule has 0 amide bonds. The molecule has 1 unspecified atom stereocenters. The molecule has 0 saturated heterocycles. The van der Waals surface area contributed by atoms with Crippen LogP contribution in [0.25, 0.3) is 22.0 Å². The van der Waals surface area contributed by atoms with Crippen LogP contribution in [0.4, 0.5) is 0 Å². The van der Waals surface area contributed by atoms with Gasteiger partial charge in [0.15, 0.2) is 5.08 Å². The summed E-state index contributed by atoms with van der Waals surface area (Å²) in [5, 5.41) is 13.6. The van der Waals surface area contributed by atoms with Crippen LogP contribution in [-0.2, 0) is 18.2 Å². The average molecular weight is 432 g/mol. The van der Waals surface area contributed by atoms with Gasteiger partial charge in [-0.3, -0.25) is 0 Å². The minimum Gasteiger partial charge on any atom is -0.616 e. The molecule has 28 heavy (non-hydrogen) atoms. The molecular formula is C19H21N5OS3. The van der Waals surface area contributed by atoms with Gasteiger partial charge in [-0.15, -0.1) is 11.3 Å². The fraction of sp³-hybridized carbons (Fsp3) is 0.368. The third-order valence-electron chi connectivity index (χ3n) is 4.30. The van der Waals surface area contributed by atoms with Crippen LogP contribution in [0.2, 0.25) is 0 Å². The first-order valence-electron chi connectivity index (χ1n) is 8.86. The minimum absolute atomic E-state index is 0.423. The Morgan fingerprint density at radius 3 is 2.82 bits per heavy atom. The third kappa shape index (κ3) is 4.58. The summed E-state index contributed by atoms with van der Waals surface area (Å²) in [5.74, 6) is 1.53. The maximum atomic E-state index is 12.3. The Kier molecular flexibility index (Phi) is 7.13. The van der Waals surface area contributed by atoms with Gasteiger partial charge in [0, 0.05) is 24.2 Å². The van der Waals surface area contributed by atoms with Gasteiger partial charge in [-0.2, -0.15) is 5.26 Å². The van der Waals surface area contributed by atoms with Gasteiger partial charge in [-0.1, -0.05) is 25.1 Å². The maximum Gasteiger partial charge on any atom is 0.156 e. The van der Waals surface area contributed by atoms with Crippen molar-refractivity contribution in [3.05, 3.63) is 35.2 Å². The van der Waals surface area contributed by atoms with Crippen molar-refractivity contribution in [3.63, 3.8) is 0 Å². The van der Waals surface area contributed by atoms with E-state index in [1.54, 1.807) is 12.4 Å². The predicted molar refractivity (Wildman–Crippen MR) is 116 cm³/mol. The Morgan fingerprint density at radius 1 is 1.39 bits per heavy atom. The molecule has 3 aromatic rings. The number of rotatable bonds is 8. The van der Waals surface area contributed by atoms with Crippen molar-refractivity contribution in [2.75, 3.05) is 10.8 Å². The zero-order valence-corrected chi connectivity index (χ0v) is 18.5. The van der Waals surface area contributed by atoms with E-state index < -0.39 is 11.2 Å². The molecule has 3 heterocycles. The van der Waals surface area contributed by atoms with Crippen LogP contribution in [0.15, 0.2) is 28.9 Å². The van der Waals surface area contributed by atoms with E-state index in [2.05, 4.69) is 27.9 Å². The molecule has 0 bridgehead atoms. The second-order valence-electron chi connectivity index (χ2n) is 6.19. The summed E-state index contributed by atoms with van der Waals surface area (Å²) in [6.07, 6.45) is 5.46. The fourth-order valence-corrected chi connectivity index (χ4v) is 5.75. The molecule has 9 heteroatoms. The lowest BCUT2D eigenvalue weighted by Crippen LogP contribution is -2.09. The lowest BCUT2D eigenvalue weighted by atomic mass is 10.1. The van der Waals surface area contributed by atoms with Gasteiger partial charge in [0.2, 0.25) is 0 Å². The van der Waals surface area contributed by atoms with Gasteiger partial charge in [-0.25, -0.2) is 15.0 Å². The normalized spacial score (nSPS) is 12.1. The smallest absolute Gasteiger partial charge is 0.156 e. The second-order valence-corrected chi connectivity index (χ2v) is 9.99. The largest absolute Gasteiger partial charge is 0.616 e. The number of nitrogens with zero attached hydrogens (tertiary/aromatic N) is 5.